The first-order chi connectivity index (χ1) is 11.9. The smallest absolute Gasteiger partial charge is 0.150 e. The summed E-state index contributed by atoms with van der Waals surface area (Å²) in [6.07, 6.45) is 0.918. The molecule has 0 heterocycles. The van der Waals surface area contributed by atoms with E-state index < -0.39 is 0 Å². The Bertz CT molecular complexity index is 1230. The molecule has 0 spiro atoms. The van der Waals surface area contributed by atoms with Crippen LogP contribution in [0.4, 0.5) is 0 Å². The average molecular weight is 306 g/mol. The molecule has 1 heteroatoms. The monoisotopic (exact) mass is 306 g/mol. The topological polar surface area (TPSA) is 17.1 Å². The molecule has 5 aromatic carbocycles. The summed E-state index contributed by atoms with van der Waals surface area (Å²) < 4.78 is 0. The summed E-state index contributed by atoms with van der Waals surface area (Å²) in [5.74, 6) is 0. The Morgan fingerprint density at radius 3 is 1.75 bits per heavy atom. The second-order valence-electron chi connectivity index (χ2n) is 6.18. The highest BCUT2D eigenvalue weighted by molar-refractivity contribution is 6.31. The molecule has 5 rings (SSSR count). The number of aldehydes is 1. The third kappa shape index (κ3) is 1.73. The predicted molar refractivity (Wildman–Crippen MR) is 102 cm³/mol. The average Bonchev–Trinajstić information content (AvgIpc) is 2.67. The Balaban J connectivity index is 2.18. The minimum Gasteiger partial charge on any atom is -0.298 e. The van der Waals surface area contributed by atoms with Gasteiger partial charge < -0.3 is 0 Å². The lowest BCUT2D eigenvalue weighted by atomic mass is 9.91. The van der Waals surface area contributed by atoms with Crippen molar-refractivity contribution in [3.8, 4) is 0 Å². The number of rotatable bonds is 1. The summed E-state index contributed by atoms with van der Waals surface area (Å²) >= 11 is 0. The number of carbonyl (C=O) groups excluding carboxylic acids is 1. The van der Waals surface area contributed by atoms with E-state index in [1.165, 1.54) is 32.3 Å². The van der Waals surface area contributed by atoms with Gasteiger partial charge in [0.1, 0.15) is 6.29 Å². The molecule has 24 heavy (non-hydrogen) atoms. The van der Waals surface area contributed by atoms with Gasteiger partial charge in [-0.25, -0.2) is 0 Å². The lowest BCUT2D eigenvalue weighted by molar-refractivity contribution is 0.112. The minimum atomic E-state index is 0.715. The van der Waals surface area contributed by atoms with Crippen LogP contribution in [0.1, 0.15) is 10.4 Å². The van der Waals surface area contributed by atoms with Crippen LogP contribution in [0.25, 0.3) is 43.1 Å². The molecule has 0 aromatic heterocycles. The summed E-state index contributed by atoms with van der Waals surface area (Å²) in [5, 5.41) is 9.78. The number of fused-ring (bicyclic) bond motifs is 8. The molecule has 0 aliphatic rings. The van der Waals surface area contributed by atoms with Gasteiger partial charge >= 0.3 is 0 Å². The Kier molecular flexibility index (Phi) is 2.71. The molecule has 112 valence electrons. The van der Waals surface area contributed by atoms with Crippen LogP contribution in [0.2, 0.25) is 0 Å². The van der Waals surface area contributed by atoms with Gasteiger partial charge in [-0.05, 0) is 49.2 Å². The quantitative estimate of drug-likeness (QED) is 0.270. The van der Waals surface area contributed by atoms with E-state index in [9.17, 15) is 4.79 Å². The highest BCUT2D eigenvalue weighted by Crippen LogP contribution is 2.38. The van der Waals surface area contributed by atoms with Crippen molar-refractivity contribution in [1.29, 1.82) is 0 Å². The number of hydrogen-bond donors (Lipinski definition) is 0. The van der Waals surface area contributed by atoms with Gasteiger partial charge in [-0.3, -0.25) is 4.79 Å². The van der Waals surface area contributed by atoms with Crippen LogP contribution in [-0.2, 0) is 0 Å². The second-order valence-corrected chi connectivity index (χ2v) is 6.18. The molecule has 0 unspecified atom stereocenters. The van der Waals surface area contributed by atoms with E-state index in [1.54, 1.807) is 0 Å². The molecule has 0 radical (unpaired) electrons. The van der Waals surface area contributed by atoms with Crippen molar-refractivity contribution in [3.05, 3.63) is 84.4 Å². The van der Waals surface area contributed by atoms with Crippen molar-refractivity contribution in [1.82, 2.24) is 0 Å². The van der Waals surface area contributed by atoms with Crippen LogP contribution < -0.4 is 0 Å². The molecule has 0 saturated heterocycles. The first-order valence-corrected chi connectivity index (χ1v) is 8.08. The fourth-order valence-electron chi connectivity index (χ4n) is 3.81. The maximum Gasteiger partial charge on any atom is 0.150 e. The first kappa shape index (κ1) is 13.3. The third-order valence-corrected chi connectivity index (χ3v) is 4.89. The maximum absolute atomic E-state index is 11.3. The molecule has 0 atom stereocenters. The Labute approximate surface area is 139 Å². The van der Waals surface area contributed by atoms with E-state index in [1.807, 2.05) is 18.2 Å². The summed E-state index contributed by atoms with van der Waals surface area (Å²) in [6, 6.07) is 27.3. The molecule has 0 aliphatic heterocycles. The Morgan fingerprint density at radius 1 is 0.542 bits per heavy atom. The van der Waals surface area contributed by atoms with Gasteiger partial charge in [0, 0.05) is 5.56 Å². The third-order valence-electron chi connectivity index (χ3n) is 4.89. The summed E-state index contributed by atoms with van der Waals surface area (Å²) in [6.45, 7) is 0. The van der Waals surface area contributed by atoms with E-state index >= 15 is 0 Å². The highest BCUT2D eigenvalue weighted by atomic mass is 16.1. The number of carbonyl (C=O) groups is 1. The van der Waals surface area contributed by atoms with E-state index in [0.717, 1.165) is 17.1 Å². The van der Waals surface area contributed by atoms with Crippen molar-refractivity contribution in [2.45, 2.75) is 0 Å². The molecule has 0 aliphatic carbocycles. The van der Waals surface area contributed by atoms with Crippen molar-refractivity contribution < 1.29 is 4.79 Å². The fourth-order valence-corrected chi connectivity index (χ4v) is 3.81. The molecule has 0 amide bonds. The van der Waals surface area contributed by atoms with Gasteiger partial charge in [0.05, 0.1) is 0 Å². The first-order valence-electron chi connectivity index (χ1n) is 8.08. The largest absolute Gasteiger partial charge is 0.298 e. The van der Waals surface area contributed by atoms with Crippen LogP contribution >= 0.6 is 0 Å². The van der Waals surface area contributed by atoms with Crippen LogP contribution in [-0.4, -0.2) is 6.29 Å². The Morgan fingerprint density at radius 2 is 1.08 bits per heavy atom. The minimum absolute atomic E-state index is 0.715. The predicted octanol–water partition coefficient (Wildman–Crippen LogP) is 6.11. The lowest BCUT2D eigenvalue weighted by Gasteiger charge is -2.13. The molecule has 0 N–H and O–H groups in total. The lowest BCUT2D eigenvalue weighted by Crippen LogP contribution is -1.86. The molecular weight excluding hydrogens is 292 g/mol. The Hall–Kier alpha value is -3.19. The van der Waals surface area contributed by atoms with E-state index in [4.69, 9.17) is 0 Å². The van der Waals surface area contributed by atoms with Gasteiger partial charge in [-0.1, -0.05) is 72.8 Å². The van der Waals surface area contributed by atoms with Crippen LogP contribution in [0.3, 0.4) is 0 Å². The molecule has 5 aromatic rings. The van der Waals surface area contributed by atoms with Gasteiger partial charge in [0.15, 0.2) is 0 Å². The fraction of sp³-hybridized carbons (Fsp3) is 0. The molecule has 1 nitrogen and oxygen atoms in total. The standard InChI is InChI=1S/C23H14O/c24-14-15-9-10-16-11-12-21-19-7-2-1-5-17(19)18-6-3-4-8-20(18)23(21)22(16)13-15/h1-14H. The molecular formula is C23H14O. The zero-order valence-electron chi connectivity index (χ0n) is 13.0. The summed E-state index contributed by atoms with van der Waals surface area (Å²) in [5.41, 5.74) is 0.715. The van der Waals surface area contributed by atoms with Crippen LogP contribution in [0.15, 0.2) is 78.9 Å². The zero-order valence-corrected chi connectivity index (χ0v) is 13.0. The van der Waals surface area contributed by atoms with E-state index in [-0.39, 0.29) is 0 Å². The van der Waals surface area contributed by atoms with Gasteiger partial charge in [0.25, 0.3) is 0 Å². The molecule has 0 saturated carbocycles. The van der Waals surface area contributed by atoms with E-state index in [0.29, 0.717) is 5.56 Å². The molecule has 0 fully saturated rings. The summed E-state index contributed by atoms with van der Waals surface area (Å²) in [7, 11) is 0. The van der Waals surface area contributed by atoms with Crippen molar-refractivity contribution in [2.75, 3.05) is 0 Å². The number of benzene rings is 5. The van der Waals surface area contributed by atoms with Crippen LogP contribution in [0.5, 0.6) is 0 Å². The van der Waals surface area contributed by atoms with Gasteiger partial charge in [-0.2, -0.15) is 0 Å². The summed E-state index contributed by atoms with van der Waals surface area (Å²) in [4.78, 5) is 11.3. The second kappa shape index (κ2) is 4.90. The zero-order chi connectivity index (χ0) is 16.1. The van der Waals surface area contributed by atoms with Crippen molar-refractivity contribution in [3.63, 3.8) is 0 Å². The SMILES string of the molecule is O=Cc1ccc2ccc3c4ccccc4c4ccccc4c3c2c1. The van der Waals surface area contributed by atoms with E-state index in [2.05, 4.69) is 60.7 Å². The van der Waals surface area contributed by atoms with Crippen molar-refractivity contribution in [2.24, 2.45) is 0 Å². The van der Waals surface area contributed by atoms with Gasteiger partial charge in [-0.15, -0.1) is 0 Å². The normalized spacial score (nSPS) is 11.5. The number of hydrogen-bond acceptors (Lipinski definition) is 1. The maximum atomic E-state index is 11.3. The molecule has 0 bridgehead atoms. The van der Waals surface area contributed by atoms with Crippen LogP contribution in [0, 0.1) is 0 Å². The van der Waals surface area contributed by atoms with Crippen molar-refractivity contribution >= 4 is 49.4 Å². The highest BCUT2D eigenvalue weighted by Gasteiger charge is 2.11. The van der Waals surface area contributed by atoms with Gasteiger partial charge in [0.2, 0.25) is 0 Å².